The van der Waals surface area contributed by atoms with Crippen LogP contribution in [0.25, 0.3) is 0 Å². The van der Waals surface area contributed by atoms with Crippen LogP contribution >= 0.6 is 7.82 Å². The molecule has 0 bridgehead atoms. The van der Waals surface area contributed by atoms with Crippen molar-refractivity contribution in [2.24, 2.45) is 0 Å². The van der Waals surface area contributed by atoms with Gasteiger partial charge in [-0.15, -0.1) is 0 Å². The van der Waals surface area contributed by atoms with E-state index in [1.165, 1.54) is 212 Å². The van der Waals surface area contributed by atoms with Gasteiger partial charge in [-0.3, -0.25) is 18.6 Å². The average molecular weight is 1050 g/mol. The van der Waals surface area contributed by atoms with Crippen molar-refractivity contribution >= 4 is 19.7 Å². The number of ether oxygens (including phenoxy) is 1. The minimum absolute atomic E-state index is 0.0410. The zero-order chi connectivity index (χ0) is 53.6. The Labute approximate surface area is 454 Å². The Morgan fingerprint density at radius 1 is 0.466 bits per heavy atom. The molecule has 0 aliphatic rings. The van der Waals surface area contributed by atoms with Gasteiger partial charge in [0.25, 0.3) is 0 Å². The summed E-state index contributed by atoms with van der Waals surface area (Å²) in [4.78, 5) is 37.7. The first-order valence-corrected chi connectivity index (χ1v) is 33.2. The minimum Gasteiger partial charge on any atom is -0.456 e. The molecule has 1 amide bonds. The van der Waals surface area contributed by atoms with Crippen LogP contribution in [0.1, 0.15) is 316 Å². The number of amides is 1. The molecule has 0 aliphatic carbocycles. The van der Waals surface area contributed by atoms with Crippen molar-refractivity contribution in [2.75, 3.05) is 40.9 Å². The summed E-state index contributed by atoms with van der Waals surface area (Å²) >= 11 is 0. The molecule has 0 aromatic carbocycles. The Bertz CT molecular complexity index is 1300. The molecule has 73 heavy (non-hydrogen) atoms. The smallest absolute Gasteiger partial charge is 0.456 e. The number of carbonyl (C=O) groups excluding carboxylic acids is 2. The highest BCUT2D eigenvalue weighted by Gasteiger charge is 2.30. The number of phosphoric ester groups is 1. The first-order valence-electron chi connectivity index (χ1n) is 31.7. The Morgan fingerprint density at radius 2 is 0.795 bits per heavy atom. The van der Waals surface area contributed by atoms with Gasteiger partial charge in [0.2, 0.25) is 5.91 Å². The fourth-order valence-corrected chi connectivity index (χ4v) is 10.2. The van der Waals surface area contributed by atoms with Gasteiger partial charge in [0, 0.05) is 12.8 Å². The van der Waals surface area contributed by atoms with Gasteiger partial charge in [0.05, 0.1) is 33.8 Å². The summed E-state index contributed by atoms with van der Waals surface area (Å²) in [6, 6.07) is -0.850. The summed E-state index contributed by atoms with van der Waals surface area (Å²) in [5.41, 5.74) is 0. The molecule has 9 nitrogen and oxygen atoms in total. The SMILES string of the molecule is CCCCCCCC/C=C\CCCCCC(=O)NC(COP(=O)(O)OCC[N+](C)(C)C)C(/C=C\CCCCCCCCCCCCC)OC(=O)CCCCCCCCCCCCCCCCCCCCCCC. The van der Waals surface area contributed by atoms with Gasteiger partial charge in [0.15, 0.2) is 0 Å². The summed E-state index contributed by atoms with van der Waals surface area (Å²) in [6.07, 6.45) is 63.2. The lowest BCUT2D eigenvalue weighted by atomic mass is 10.0. The summed E-state index contributed by atoms with van der Waals surface area (Å²) < 4.78 is 30.7. The van der Waals surface area contributed by atoms with E-state index < -0.39 is 20.0 Å². The number of quaternary nitrogens is 1. The summed E-state index contributed by atoms with van der Waals surface area (Å²) in [5, 5.41) is 3.05. The van der Waals surface area contributed by atoms with Crippen molar-refractivity contribution in [3.8, 4) is 0 Å². The first-order chi connectivity index (χ1) is 35.4. The van der Waals surface area contributed by atoms with Crippen LogP contribution in [0.3, 0.4) is 0 Å². The molecule has 0 fully saturated rings. The van der Waals surface area contributed by atoms with E-state index in [1.807, 2.05) is 33.3 Å². The van der Waals surface area contributed by atoms with Crippen LogP contribution in [0.4, 0.5) is 0 Å². The van der Waals surface area contributed by atoms with E-state index in [1.54, 1.807) is 0 Å². The van der Waals surface area contributed by atoms with Gasteiger partial charge in [-0.05, 0) is 57.4 Å². The number of rotatable bonds is 58. The van der Waals surface area contributed by atoms with Crippen LogP contribution in [0, 0.1) is 0 Å². The van der Waals surface area contributed by atoms with Crippen molar-refractivity contribution in [2.45, 2.75) is 328 Å². The lowest BCUT2D eigenvalue weighted by Gasteiger charge is -2.27. The zero-order valence-electron chi connectivity index (χ0n) is 49.4. The van der Waals surface area contributed by atoms with Crippen LogP contribution in [0.2, 0.25) is 0 Å². The van der Waals surface area contributed by atoms with Gasteiger partial charge in [-0.25, -0.2) is 4.57 Å². The lowest BCUT2D eigenvalue weighted by Crippen LogP contribution is -2.47. The fraction of sp³-hybridized carbons (Fsp3) is 0.905. The van der Waals surface area contributed by atoms with E-state index in [2.05, 4.69) is 38.2 Å². The van der Waals surface area contributed by atoms with Crippen LogP contribution in [-0.2, 0) is 27.9 Å². The van der Waals surface area contributed by atoms with E-state index in [-0.39, 0.29) is 25.1 Å². The number of esters is 1. The molecule has 0 saturated heterocycles. The van der Waals surface area contributed by atoms with E-state index >= 15 is 0 Å². The molecule has 0 aliphatic heterocycles. The van der Waals surface area contributed by atoms with E-state index in [0.29, 0.717) is 23.9 Å². The maximum atomic E-state index is 13.5. The Balaban J connectivity index is 5.19. The molecule has 432 valence electrons. The average Bonchev–Trinajstić information content (AvgIpc) is 3.35. The van der Waals surface area contributed by atoms with Gasteiger partial charge < -0.3 is 19.4 Å². The lowest BCUT2D eigenvalue weighted by molar-refractivity contribution is -0.870. The first kappa shape index (κ1) is 71.5. The largest absolute Gasteiger partial charge is 0.472 e. The summed E-state index contributed by atoms with van der Waals surface area (Å²) in [6.45, 7) is 7.04. The molecule has 0 saturated carbocycles. The molecule has 0 aromatic rings. The highest BCUT2D eigenvalue weighted by molar-refractivity contribution is 7.47. The molecule has 0 spiro atoms. The van der Waals surface area contributed by atoms with Crippen LogP contribution in [0.5, 0.6) is 0 Å². The number of nitrogens with zero attached hydrogens (tertiary/aromatic N) is 1. The van der Waals surface area contributed by atoms with Gasteiger partial charge in [0.1, 0.15) is 19.3 Å². The Kier molecular flexibility index (Phi) is 52.8. The van der Waals surface area contributed by atoms with E-state index in [4.69, 9.17) is 13.8 Å². The van der Waals surface area contributed by atoms with Crippen LogP contribution < -0.4 is 5.32 Å². The predicted molar refractivity (Wildman–Crippen MR) is 314 cm³/mol. The normalized spacial score (nSPS) is 13.8. The van der Waals surface area contributed by atoms with Crippen molar-refractivity contribution in [3.63, 3.8) is 0 Å². The van der Waals surface area contributed by atoms with Crippen molar-refractivity contribution in [1.82, 2.24) is 5.32 Å². The summed E-state index contributed by atoms with van der Waals surface area (Å²) in [7, 11) is 1.50. The standard InChI is InChI=1S/C63H123N2O7P/c1-7-10-13-16-19-22-25-28-29-30-31-32-33-34-35-38-41-44-47-50-53-56-63(67)72-61(54-51-48-45-42-39-36-26-23-20-17-14-11-8-2)60(59-71-73(68,69)70-58-57-65(4,5)6)64-62(66)55-52-49-46-43-40-37-27-24-21-18-15-12-9-3/h37,40,51,54,60-61H,7-36,38-39,41-50,52-53,55-59H2,1-6H3,(H-,64,66,68,69)/p+1/b40-37-,54-51-. The Morgan fingerprint density at radius 3 is 1.18 bits per heavy atom. The van der Waals surface area contributed by atoms with E-state index in [9.17, 15) is 19.0 Å². The maximum absolute atomic E-state index is 13.5. The highest BCUT2D eigenvalue weighted by Crippen LogP contribution is 2.43. The highest BCUT2D eigenvalue weighted by atomic mass is 31.2. The molecular weight excluding hydrogens is 928 g/mol. The molecule has 0 aromatic heterocycles. The zero-order valence-corrected chi connectivity index (χ0v) is 50.3. The third-order valence-electron chi connectivity index (χ3n) is 14.4. The van der Waals surface area contributed by atoms with Crippen molar-refractivity contribution in [1.29, 1.82) is 0 Å². The molecular formula is C63H124N2O7P+. The molecule has 3 unspecified atom stereocenters. The van der Waals surface area contributed by atoms with Gasteiger partial charge in [-0.1, -0.05) is 270 Å². The second-order valence-corrected chi connectivity index (χ2v) is 24.4. The minimum atomic E-state index is -4.44. The van der Waals surface area contributed by atoms with Gasteiger partial charge >= 0.3 is 13.8 Å². The van der Waals surface area contributed by atoms with Crippen molar-refractivity contribution in [3.05, 3.63) is 24.3 Å². The number of unbranched alkanes of at least 4 members (excludes halogenated alkanes) is 40. The third kappa shape index (κ3) is 55.1. The van der Waals surface area contributed by atoms with Crippen LogP contribution in [0.15, 0.2) is 24.3 Å². The summed E-state index contributed by atoms with van der Waals surface area (Å²) in [5.74, 6) is -0.507. The Hall–Kier alpha value is -1.51. The molecule has 0 rings (SSSR count). The van der Waals surface area contributed by atoms with Crippen LogP contribution in [-0.4, -0.2) is 74.3 Å². The van der Waals surface area contributed by atoms with Gasteiger partial charge in [-0.2, -0.15) is 0 Å². The molecule has 0 radical (unpaired) electrons. The topological polar surface area (TPSA) is 111 Å². The van der Waals surface area contributed by atoms with Crippen molar-refractivity contribution < 1.29 is 37.3 Å². The number of hydrogen-bond acceptors (Lipinski definition) is 6. The number of likely N-dealkylation sites (N-methyl/N-ethyl adjacent to an activating group) is 1. The number of carbonyl (C=O) groups is 2. The number of allylic oxidation sites excluding steroid dienone is 3. The second kappa shape index (κ2) is 53.9. The molecule has 3 atom stereocenters. The monoisotopic (exact) mass is 1050 g/mol. The number of nitrogens with one attached hydrogen (secondary N) is 1. The quantitative estimate of drug-likeness (QED) is 0.0205. The maximum Gasteiger partial charge on any atom is 0.472 e. The third-order valence-corrected chi connectivity index (χ3v) is 15.4. The molecule has 2 N–H and O–H groups in total. The number of hydrogen-bond donors (Lipinski definition) is 2. The predicted octanol–water partition coefficient (Wildman–Crippen LogP) is 19.3. The van der Waals surface area contributed by atoms with E-state index in [0.717, 1.165) is 70.6 Å². The molecule has 0 heterocycles. The molecule has 10 heteroatoms. The second-order valence-electron chi connectivity index (χ2n) is 22.9. The number of phosphoric acid groups is 1. The fourth-order valence-electron chi connectivity index (χ4n) is 9.47.